The van der Waals surface area contributed by atoms with Crippen molar-refractivity contribution in [3.63, 3.8) is 0 Å². The summed E-state index contributed by atoms with van der Waals surface area (Å²) in [6.07, 6.45) is 20.3. The Kier molecular flexibility index (Phi) is 8.64. The Morgan fingerprint density at radius 2 is 1.88 bits per heavy atom. The lowest BCUT2D eigenvalue weighted by atomic mass is 9.61. The standard InChI is InChI=1S/C30H46O3/c1-6-30(33,7-2)18-9-8-11-21(3)26-15-16-27-23(12-10-17-29(26,27)5)13-14-24-19-25(31)20-28(32)22(24)4/h8-9,11,13-14,18,21,25-28,31-33H,4,6-7,10,12,15-17,19-20H2,1-3,5H3/b11-8+,18-9+,23-13+,24-14-/t21-,25+,26+,27-,28-,29+/m0/s1. The third-order valence-corrected chi connectivity index (χ3v) is 9.09. The summed E-state index contributed by atoms with van der Waals surface area (Å²) in [7, 11) is 0. The minimum Gasteiger partial charge on any atom is -0.393 e. The SMILES string of the molecule is C=C1/C(=C\C=C2/CCC[C@]3(C)[C@@H]([C@@H](C)/C=C/C=C/C(O)(CC)CC)CC[C@@H]23)C[C@@H](O)C[C@@H]1O. The molecule has 0 aromatic heterocycles. The highest BCUT2D eigenvalue weighted by Gasteiger charge is 2.50. The molecule has 0 aromatic carbocycles. The van der Waals surface area contributed by atoms with Crippen molar-refractivity contribution < 1.29 is 15.3 Å². The van der Waals surface area contributed by atoms with E-state index >= 15 is 0 Å². The maximum atomic E-state index is 10.5. The van der Waals surface area contributed by atoms with Gasteiger partial charge >= 0.3 is 0 Å². The second kappa shape index (κ2) is 10.9. The van der Waals surface area contributed by atoms with E-state index in [1.165, 1.54) is 31.3 Å². The number of rotatable bonds is 7. The summed E-state index contributed by atoms with van der Waals surface area (Å²) in [5.74, 6) is 1.77. The molecular formula is C30H46O3. The average Bonchev–Trinajstić information content (AvgIpc) is 3.15. The van der Waals surface area contributed by atoms with Gasteiger partial charge in [-0.2, -0.15) is 0 Å². The van der Waals surface area contributed by atoms with Crippen molar-refractivity contribution in [1.29, 1.82) is 0 Å². The van der Waals surface area contributed by atoms with Gasteiger partial charge in [0.05, 0.1) is 17.8 Å². The normalized spacial score (nSPS) is 36.9. The van der Waals surface area contributed by atoms with Crippen LogP contribution in [0.25, 0.3) is 0 Å². The van der Waals surface area contributed by atoms with Gasteiger partial charge in [-0.3, -0.25) is 0 Å². The lowest BCUT2D eigenvalue weighted by molar-refractivity contribution is 0.0827. The van der Waals surface area contributed by atoms with E-state index in [-0.39, 0.29) is 0 Å². The van der Waals surface area contributed by atoms with Crippen molar-refractivity contribution in [3.8, 4) is 0 Å². The summed E-state index contributed by atoms with van der Waals surface area (Å²) in [5, 5.41) is 30.7. The van der Waals surface area contributed by atoms with Gasteiger partial charge in [0.25, 0.3) is 0 Å². The quantitative estimate of drug-likeness (QED) is 0.389. The Labute approximate surface area is 201 Å². The Bertz CT molecular complexity index is 812. The first-order chi connectivity index (χ1) is 15.6. The van der Waals surface area contributed by atoms with E-state index in [1.54, 1.807) is 0 Å². The van der Waals surface area contributed by atoms with Crippen LogP contribution in [-0.4, -0.2) is 33.1 Å². The second-order valence-corrected chi connectivity index (χ2v) is 11.1. The number of hydrogen-bond acceptors (Lipinski definition) is 3. The van der Waals surface area contributed by atoms with Crippen LogP contribution in [0.4, 0.5) is 0 Å². The zero-order valence-corrected chi connectivity index (χ0v) is 21.3. The van der Waals surface area contributed by atoms with Crippen LogP contribution in [0.1, 0.15) is 85.5 Å². The third-order valence-electron chi connectivity index (χ3n) is 9.09. The van der Waals surface area contributed by atoms with Gasteiger partial charge in [-0.1, -0.05) is 76.3 Å². The van der Waals surface area contributed by atoms with Crippen LogP contribution >= 0.6 is 0 Å². The maximum Gasteiger partial charge on any atom is 0.0825 e. The van der Waals surface area contributed by atoms with Crippen LogP contribution in [0.2, 0.25) is 0 Å². The van der Waals surface area contributed by atoms with Gasteiger partial charge in [-0.25, -0.2) is 0 Å². The molecule has 3 N–H and O–H groups in total. The van der Waals surface area contributed by atoms with Gasteiger partial charge in [-0.05, 0) is 85.7 Å². The monoisotopic (exact) mass is 454 g/mol. The zero-order chi connectivity index (χ0) is 24.2. The highest BCUT2D eigenvalue weighted by atomic mass is 16.3. The smallest absolute Gasteiger partial charge is 0.0825 e. The number of aliphatic hydroxyl groups excluding tert-OH is 2. The summed E-state index contributed by atoms with van der Waals surface area (Å²) in [6, 6.07) is 0. The Morgan fingerprint density at radius 1 is 1.15 bits per heavy atom. The zero-order valence-electron chi connectivity index (χ0n) is 21.3. The molecule has 0 spiro atoms. The summed E-state index contributed by atoms with van der Waals surface area (Å²) in [6.45, 7) is 13.0. The summed E-state index contributed by atoms with van der Waals surface area (Å²) in [4.78, 5) is 0. The molecular weight excluding hydrogens is 408 g/mol. The lowest BCUT2D eigenvalue weighted by Crippen LogP contribution is -2.35. The molecule has 184 valence electrons. The van der Waals surface area contributed by atoms with Gasteiger partial charge in [0, 0.05) is 6.42 Å². The van der Waals surface area contributed by atoms with Crippen molar-refractivity contribution in [2.75, 3.05) is 0 Å². The molecule has 3 heteroatoms. The lowest BCUT2D eigenvalue weighted by Gasteiger charge is -2.44. The molecule has 0 unspecified atom stereocenters. The Morgan fingerprint density at radius 3 is 2.58 bits per heavy atom. The molecule has 6 atom stereocenters. The third kappa shape index (κ3) is 5.81. The van der Waals surface area contributed by atoms with E-state index in [0.29, 0.717) is 36.0 Å². The maximum absolute atomic E-state index is 10.5. The van der Waals surface area contributed by atoms with Crippen LogP contribution < -0.4 is 0 Å². The van der Waals surface area contributed by atoms with Gasteiger partial charge in [0.15, 0.2) is 0 Å². The topological polar surface area (TPSA) is 60.7 Å². The molecule has 3 aliphatic carbocycles. The van der Waals surface area contributed by atoms with Crippen LogP contribution in [-0.2, 0) is 0 Å². The molecule has 3 saturated carbocycles. The van der Waals surface area contributed by atoms with Crippen LogP contribution in [0.3, 0.4) is 0 Å². The van der Waals surface area contributed by atoms with E-state index in [2.05, 4.69) is 44.7 Å². The Hall–Kier alpha value is -1.42. The first kappa shape index (κ1) is 26.2. The summed E-state index contributed by atoms with van der Waals surface area (Å²) < 4.78 is 0. The molecule has 0 heterocycles. The molecule has 0 aliphatic heterocycles. The predicted octanol–water partition coefficient (Wildman–Crippen LogP) is 6.43. The first-order valence-electron chi connectivity index (χ1n) is 13.2. The van der Waals surface area contributed by atoms with Gasteiger partial charge in [0.2, 0.25) is 0 Å². The number of aliphatic hydroxyl groups is 3. The van der Waals surface area contributed by atoms with Crippen LogP contribution in [0, 0.1) is 23.2 Å². The Balaban J connectivity index is 1.72. The van der Waals surface area contributed by atoms with E-state index in [0.717, 1.165) is 30.4 Å². The van der Waals surface area contributed by atoms with Crippen LogP contribution in [0.5, 0.6) is 0 Å². The van der Waals surface area contributed by atoms with Crippen molar-refractivity contribution in [1.82, 2.24) is 0 Å². The van der Waals surface area contributed by atoms with E-state index in [9.17, 15) is 15.3 Å². The van der Waals surface area contributed by atoms with E-state index in [4.69, 9.17) is 0 Å². The van der Waals surface area contributed by atoms with E-state index < -0.39 is 17.8 Å². The average molecular weight is 455 g/mol. The molecule has 3 nitrogen and oxygen atoms in total. The van der Waals surface area contributed by atoms with Gasteiger partial charge in [-0.15, -0.1) is 0 Å². The minimum atomic E-state index is -0.689. The molecule has 3 rings (SSSR count). The molecule has 0 bridgehead atoms. The van der Waals surface area contributed by atoms with Gasteiger partial charge < -0.3 is 15.3 Å². The second-order valence-electron chi connectivity index (χ2n) is 11.1. The van der Waals surface area contributed by atoms with Crippen LogP contribution in [0.15, 0.2) is 59.8 Å². The number of hydrogen-bond donors (Lipinski definition) is 3. The molecule has 0 aromatic rings. The molecule has 0 amide bonds. The van der Waals surface area contributed by atoms with Crippen molar-refractivity contribution in [3.05, 3.63) is 59.8 Å². The van der Waals surface area contributed by atoms with Crippen molar-refractivity contribution in [2.45, 2.75) is 103 Å². The molecule has 0 saturated heterocycles. The number of allylic oxidation sites excluding steroid dienone is 6. The molecule has 3 aliphatic rings. The first-order valence-corrected chi connectivity index (χ1v) is 13.2. The summed E-state index contributed by atoms with van der Waals surface area (Å²) >= 11 is 0. The molecule has 0 radical (unpaired) electrons. The van der Waals surface area contributed by atoms with Gasteiger partial charge in [0.1, 0.15) is 0 Å². The van der Waals surface area contributed by atoms with E-state index in [1.807, 2.05) is 26.0 Å². The fraction of sp³-hybridized carbons (Fsp3) is 0.667. The molecule has 3 fully saturated rings. The highest BCUT2D eigenvalue weighted by molar-refractivity contribution is 5.38. The largest absolute Gasteiger partial charge is 0.393 e. The van der Waals surface area contributed by atoms with Crippen molar-refractivity contribution >= 4 is 0 Å². The fourth-order valence-corrected chi connectivity index (χ4v) is 6.70. The minimum absolute atomic E-state index is 0.312. The molecule has 33 heavy (non-hydrogen) atoms. The number of fused-ring (bicyclic) bond motifs is 1. The fourth-order valence-electron chi connectivity index (χ4n) is 6.70. The predicted molar refractivity (Wildman–Crippen MR) is 138 cm³/mol. The summed E-state index contributed by atoms with van der Waals surface area (Å²) in [5.41, 5.74) is 2.92. The highest BCUT2D eigenvalue weighted by Crippen LogP contribution is 2.59. The van der Waals surface area contributed by atoms with Crippen molar-refractivity contribution in [2.24, 2.45) is 23.2 Å².